The van der Waals surface area contributed by atoms with E-state index < -0.39 is 54.8 Å². The minimum Gasteiger partial charge on any atom is -0.462 e. The maximum atomic E-state index is 14.4. The molecule has 14 heteroatoms. The van der Waals surface area contributed by atoms with Crippen LogP contribution in [0.15, 0.2) is 89.6 Å². The van der Waals surface area contributed by atoms with Gasteiger partial charge in [0.15, 0.2) is 18.4 Å². The molecule has 6 heterocycles. The number of methoxy groups -OCH3 is 2. The van der Waals surface area contributed by atoms with Gasteiger partial charge in [0, 0.05) is 57.7 Å². The van der Waals surface area contributed by atoms with Crippen molar-refractivity contribution in [2.45, 2.75) is 192 Å². The molecule has 0 amide bonds. The van der Waals surface area contributed by atoms with Gasteiger partial charge in [-0.25, -0.2) is 0 Å². The molecule has 388 valence electrons. The minimum absolute atomic E-state index is 0.0528. The van der Waals surface area contributed by atoms with Gasteiger partial charge < -0.3 is 61.9 Å². The highest BCUT2D eigenvalue weighted by Gasteiger charge is 2.51. The maximum Gasteiger partial charge on any atom is 0.313 e. The number of fused-ring (bicyclic) bond motifs is 2. The summed E-state index contributed by atoms with van der Waals surface area (Å²) in [5.74, 6) is -1.97. The fourth-order valence-corrected chi connectivity index (χ4v) is 11.6. The van der Waals surface area contributed by atoms with E-state index in [1.54, 1.807) is 14.2 Å². The van der Waals surface area contributed by atoms with E-state index in [4.69, 9.17) is 56.8 Å². The number of allylic oxidation sites excluding steroid dienone is 2. The fraction of sp³-hybridized carbons (Fsp3) is 0.696. The van der Waals surface area contributed by atoms with Gasteiger partial charge in [-0.15, -0.1) is 0 Å². The third-order valence-corrected chi connectivity index (χ3v) is 15.8. The van der Waals surface area contributed by atoms with Crippen LogP contribution in [0.1, 0.15) is 99.5 Å². The number of hydrogen-bond donors (Lipinski definition) is 1. The Hall–Kier alpha value is -3.09. The number of esters is 1. The van der Waals surface area contributed by atoms with Gasteiger partial charge in [0.1, 0.15) is 31.2 Å². The molecule has 14 nitrogen and oxygen atoms in total. The van der Waals surface area contributed by atoms with E-state index in [1.807, 2.05) is 75.4 Å². The summed E-state index contributed by atoms with van der Waals surface area (Å²) >= 11 is 0. The van der Waals surface area contributed by atoms with Crippen molar-refractivity contribution < 1.29 is 66.7 Å². The number of ether oxygens (including phenoxy) is 12. The Balaban J connectivity index is 0.987. The molecule has 12 unspecified atom stereocenters. The van der Waals surface area contributed by atoms with E-state index in [0.29, 0.717) is 56.8 Å². The third-order valence-electron chi connectivity index (χ3n) is 15.8. The quantitative estimate of drug-likeness (QED) is 0.0872. The molecule has 1 aromatic carbocycles. The normalized spacial score (nSPS) is 43.8. The molecule has 2 bridgehead atoms. The lowest BCUT2D eigenvalue weighted by Crippen LogP contribution is -2.55. The number of benzene rings is 1. The van der Waals surface area contributed by atoms with E-state index in [1.165, 1.54) is 0 Å². The molecule has 0 radical (unpaired) electrons. The van der Waals surface area contributed by atoms with E-state index in [0.717, 1.165) is 23.1 Å². The summed E-state index contributed by atoms with van der Waals surface area (Å²) < 4.78 is 77.4. The van der Waals surface area contributed by atoms with Crippen LogP contribution >= 0.6 is 0 Å². The Kier molecular flexibility index (Phi) is 18.1. The van der Waals surface area contributed by atoms with E-state index in [-0.39, 0.29) is 73.2 Å². The largest absolute Gasteiger partial charge is 0.462 e. The number of rotatable bonds is 13. The predicted molar refractivity (Wildman–Crippen MR) is 261 cm³/mol. The third kappa shape index (κ3) is 12.3. The summed E-state index contributed by atoms with van der Waals surface area (Å²) in [6.45, 7) is 17.5. The summed E-state index contributed by atoms with van der Waals surface area (Å²) in [6, 6.07) is 9.98. The van der Waals surface area contributed by atoms with Gasteiger partial charge in [-0.3, -0.25) is 4.79 Å². The second kappa shape index (κ2) is 23.8. The van der Waals surface area contributed by atoms with Crippen LogP contribution in [0.25, 0.3) is 0 Å². The second-order valence-electron chi connectivity index (χ2n) is 20.9. The van der Waals surface area contributed by atoms with Gasteiger partial charge >= 0.3 is 5.97 Å². The van der Waals surface area contributed by atoms with E-state index in [2.05, 4.69) is 52.8 Å². The topological polar surface area (TPSA) is 148 Å². The minimum atomic E-state index is -1.05. The first-order valence-corrected chi connectivity index (χ1v) is 25.9. The summed E-state index contributed by atoms with van der Waals surface area (Å²) in [7, 11) is 3.37. The van der Waals surface area contributed by atoms with Crippen molar-refractivity contribution >= 4 is 5.97 Å². The smallest absolute Gasteiger partial charge is 0.313 e. The molecule has 1 N–H and O–H groups in total. The predicted octanol–water partition coefficient (Wildman–Crippen LogP) is 8.46. The summed E-state index contributed by atoms with van der Waals surface area (Å²) in [4.78, 5) is 14.4. The van der Waals surface area contributed by atoms with Crippen molar-refractivity contribution in [2.24, 2.45) is 29.6 Å². The Bertz CT molecular complexity index is 2040. The highest BCUT2D eigenvalue weighted by atomic mass is 16.7. The number of hydrogen-bond acceptors (Lipinski definition) is 14. The first-order valence-electron chi connectivity index (χ1n) is 25.9. The Morgan fingerprint density at radius 3 is 2.30 bits per heavy atom. The summed E-state index contributed by atoms with van der Waals surface area (Å²) in [6.07, 6.45) is 11.8. The summed E-state index contributed by atoms with van der Waals surface area (Å²) in [5, 5.41) is 11.3. The molecule has 8 rings (SSSR count). The molecule has 1 spiro atoms. The molecule has 1 aromatic rings. The van der Waals surface area contributed by atoms with Crippen molar-refractivity contribution in [3.63, 3.8) is 0 Å². The Labute approximate surface area is 416 Å². The number of carbonyl (C=O) groups is 1. The number of aliphatic hydroxyl groups is 1. The molecular formula is C56H80O14. The van der Waals surface area contributed by atoms with Crippen LogP contribution in [0.4, 0.5) is 0 Å². The van der Waals surface area contributed by atoms with Crippen LogP contribution in [0.2, 0.25) is 0 Å². The van der Waals surface area contributed by atoms with Crippen LogP contribution in [-0.4, -0.2) is 130 Å². The average molecular weight is 977 g/mol. The Morgan fingerprint density at radius 2 is 1.57 bits per heavy atom. The van der Waals surface area contributed by atoms with Gasteiger partial charge in [-0.2, -0.15) is 0 Å². The summed E-state index contributed by atoms with van der Waals surface area (Å²) in [5.41, 5.74) is 3.73. The van der Waals surface area contributed by atoms with Crippen molar-refractivity contribution in [2.75, 3.05) is 27.6 Å². The van der Waals surface area contributed by atoms with Crippen molar-refractivity contribution in [3.05, 3.63) is 95.1 Å². The van der Waals surface area contributed by atoms with Gasteiger partial charge in [-0.1, -0.05) is 101 Å². The standard InChI is InChI=1S/C56H80O14/c1-11-32(2)51-35(5)22-23-56(70-51)28-42-25-41(69-56)21-20-34(4)50(33(3)16-15-19-40-30-62-54-48(40)43(55(58)66-42)24-36(6)49(54)57)67-46-27-45(60-10)53(38(8)65-46)68-47-26-44(59-9)52(37(7)64-47)63-31-61-29-39-17-13-12-14-18-39/h12-20,22-24,32-33,35,37-38,41-54,57H,11,21,25-31H2,1-10H3/b16-15+,34-20+,40-19+/t32?,33-,35-,37?,38?,41?,42?,43+,44?,45?,46-,47-,48?,49?,50-,51?,52-,53-,54?,56?/m0/s1. The van der Waals surface area contributed by atoms with Crippen LogP contribution < -0.4 is 0 Å². The van der Waals surface area contributed by atoms with E-state index >= 15 is 0 Å². The molecule has 0 aromatic heterocycles. The zero-order valence-corrected chi connectivity index (χ0v) is 43.0. The van der Waals surface area contributed by atoms with Gasteiger partial charge in [-0.05, 0) is 68.4 Å². The number of carbonyl (C=O) groups excluding carboxylic acids is 1. The molecular weight excluding hydrogens is 897 g/mol. The van der Waals surface area contributed by atoms with Gasteiger partial charge in [0.2, 0.25) is 0 Å². The highest BCUT2D eigenvalue weighted by molar-refractivity contribution is 5.76. The van der Waals surface area contributed by atoms with Crippen LogP contribution in [0.5, 0.6) is 0 Å². The molecule has 6 aliphatic heterocycles. The molecule has 4 fully saturated rings. The van der Waals surface area contributed by atoms with Crippen LogP contribution in [0.3, 0.4) is 0 Å². The average Bonchev–Trinajstić information content (AvgIpc) is 3.77. The SMILES string of the molecule is CCC(C)C1OC2(C=C[C@@H]1C)CC1CC(C/C=C(\C)[C@@H](O[C@H]3CC(OC)[C@@H](O[C@H]4CC(OC)[C@@H](OCOCc5ccccc5)C(C)O4)C(C)O3)[C@@H](C)/C=C/C=C3\COC4C(O)C(C)=C[C@@H](C(=O)O1)C34)O2. The van der Waals surface area contributed by atoms with Crippen LogP contribution in [0, 0.1) is 29.6 Å². The second-order valence-corrected chi connectivity index (χ2v) is 20.9. The zero-order chi connectivity index (χ0) is 49.7. The lowest BCUT2D eigenvalue weighted by atomic mass is 9.75. The highest BCUT2D eigenvalue weighted by Crippen LogP contribution is 2.45. The van der Waals surface area contributed by atoms with Gasteiger partial charge in [0.25, 0.3) is 0 Å². The fourth-order valence-electron chi connectivity index (χ4n) is 11.6. The zero-order valence-electron chi connectivity index (χ0n) is 43.0. The van der Waals surface area contributed by atoms with E-state index in [9.17, 15) is 9.90 Å². The van der Waals surface area contributed by atoms with Gasteiger partial charge in [0.05, 0.1) is 68.0 Å². The molecule has 20 atom stereocenters. The first-order chi connectivity index (χ1) is 33.7. The van der Waals surface area contributed by atoms with Crippen molar-refractivity contribution in [1.29, 1.82) is 0 Å². The molecule has 7 aliphatic rings. The maximum absolute atomic E-state index is 14.4. The molecule has 0 saturated carbocycles. The molecule has 70 heavy (non-hydrogen) atoms. The monoisotopic (exact) mass is 977 g/mol. The molecule has 4 saturated heterocycles. The lowest BCUT2D eigenvalue weighted by Gasteiger charge is -2.48. The lowest BCUT2D eigenvalue weighted by molar-refractivity contribution is -0.324. The first kappa shape index (κ1) is 53.2. The van der Waals surface area contributed by atoms with Crippen molar-refractivity contribution in [1.82, 2.24) is 0 Å². The number of aliphatic hydroxyl groups excluding tert-OH is 1. The van der Waals surface area contributed by atoms with Crippen molar-refractivity contribution in [3.8, 4) is 0 Å². The van der Waals surface area contributed by atoms with Crippen LogP contribution in [-0.2, 0) is 68.2 Å². The molecule has 1 aliphatic carbocycles. The Morgan fingerprint density at radius 1 is 0.857 bits per heavy atom.